The minimum absolute atomic E-state index is 0.00904. The van der Waals surface area contributed by atoms with Gasteiger partial charge in [0.25, 0.3) is 5.91 Å². The van der Waals surface area contributed by atoms with E-state index in [9.17, 15) is 9.59 Å². The monoisotopic (exact) mass is 473 g/mol. The van der Waals surface area contributed by atoms with Gasteiger partial charge in [0.2, 0.25) is 5.91 Å². The smallest absolute Gasteiger partial charge is 0.274 e. The summed E-state index contributed by atoms with van der Waals surface area (Å²) in [7, 11) is 0. The number of carbonyl (C=O) groups is 2. The van der Waals surface area contributed by atoms with Crippen LogP contribution in [0.25, 0.3) is 6.08 Å². The average molecular weight is 474 g/mol. The molecule has 35 heavy (non-hydrogen) atoms. The van der Waals surface area contributed by atoms with Crippen LogP contribution in [0.15, 0.2) is 59.2 Å². The van der Waals surface area contributed by atoms with E-state index in [1.807, 2.05) is 41.1 Å². The van der Waals surface area contributed by atoms with Crippen molar-refractivity contribution >= 4 is 17.9 Å². The number of benzene rings is 1. The maximum absolute atomic E-state index is 13.6. The maximum atomic E-state index is 13.6. The predicted molar refractivity (Wildman–Crippen MR) is 133 cm³/mol. The minimum atomic E-state index is -0.0795. The molecular weight excluding hydrogens is 442 g/mol. The van der Waals surface area contributed by atoms with Crippen LogP contribution in [0.1, 0.15) is 39.5 Å². The molecule has 1 N–H and O–H groups in total. The van der Waals surface area contributed by atoms with Gasteiger partial charge in [0, 0.05) is 69.9 Å². The number of fused-ring (bicyclic) bond motifs is 1. The molecule has 182 valence electrons. The lowest BCUT2D eigenvalue weighted by Gasteiger charge is -2.27. The fourth-order valence-corrected chi connectivity index (χ4v) is 4.76. The number of carbonyl (C=O) groups excluding carboxylic acids is 2. The van der Waals surface area contributed by atoms with Gasteiger partial charge in [0.05, 0.1) is 6.26 Å². The molecule has 2 aliphatic rings. The molecule has 0 unspecified atom stereocenters. The van der Waals surface area contributed by atoms with Gasteiger partial charge in [-0.05, 0) is 30.2 Å². The summed E-state index contributed by atoms with van der Waals surface area (Å²) in [6.07, 6.45) is 7.77. The molecule has 0 aliphatic carbocycles. The number of furan rings is 1. The molecule has 0 saturated carbocycles. The van der Waals surface area contributed by atoms with Gasteiger partial charge in [-0.15, -0.1) is 0 Å². The Morgan fingerprint density at radius 1 is 1.09 bits per heavy atom. The SMILES string of the molecule is O=C1CCN(C(=O)c2nn(CCc3ccccc3)c3c2CN(C/C=C/c2ccco2)CC3)CCN1. The first-order valence-electron chi connectivity index (χ1n) is 12.3. The molecule has 8 heteroatoms. The van der Waals surface area contributed by atoms with Crippen LogP contribution < -0.4 is 5.32 Å². The fourth-order valence-electron chi connectivity index (χ4n) is 4.76. The second kappa shape index (κ2) is 10.7. The van der Waals surface area contributed by atoms with Gasteiger partial charge in [-0.3, -0.25) is 19.2 Å². The Morgan fingerprint density at radius 2 is 1.97 bits per heavy atom. The van der Waals surface area contributed by atoms with Gasteiger partial charge in [0.15, 0.2) is 5.69 Å². The van der Waals surface area contributed by atoms with E-state index in [2.05, 4.69) is 28.4 Å². The molecule has 0 spiro atoms. The topological polar surface area (TPSA) is 83.6 Å². The lowest BCUT2D eigenvalue weighted by molar-refractivity contribution is -0.120. The van der Waals surface area contributed by atoms with Crippen molar-refractivity contribution in [3.63, 3.8) is 0 Å². The molecule has 4 heterocycles. The normalized spacial score (nSPS) is 16.8. The van der Waals surface area contributed by atoms with Crippen molar-refractivity contribution in [2.45, 2.75) is 32.4 Å². The number of aryl methyl sites for hydroxylation is 2. The molecule has 1 aromatic carbocycles. The molecule has 1 saturated heterocycles. The van der Waals surface area contributed by atoms with E-state index in [-0.39, 0.29) is 11.8 Å². The third-order valence-corrected chi connectivity index (χ3v) is 6.66. The number of nitrogens with zero attached hydrogens (tertiary/aromatic N) is 4. The average Bonchev–Trinajstić information content (AvgIpc) is 3.47. The zero-order valence-corrected chi connectivity index (χ0v) is 19.9. The fraction of sp³-hybridized carbons (Fsp3) is 0.370. The van der Waals surface area contributed by atoms with Crippen molar-refractivity contribution in [1.82, 2.24) is 24.9 Å². The number of rotatable bonds is 7. The second-order valence-electron chi connectivity index (χ2n) is 9.03. The highest BCUT2D eigenvalue weighted by molar-refractivity contribution is 5.94. The van der Waals surface area contributed by atoms with Gasteiger partial charge in [-0.1, -0.05) is 36.4 Å². The first-order valence-corrected chi connectivity index (χ1v) is 12.3. The Balaban J connectivity index is 1.36. The lowest BCUT2D eigenvalue weighted by atomic mass is 10.0. The van der Waals surface area contributed by atoms with E-state index in [0.717, 1.165) is 49.5 Å². The summed E-state index contributed by atoms with van der Waals surface area (Å²) in [5.41, 5.74) is 3.95. The number of aromatic nitrogens is 2. The first-order chi connectivity index (χ1) is 17.2. The van der Waals surface area contributed by atoms with Crippen LogP contribution in [-0.2, 0) is 30.7 Å². The summed E-state index contributed by atoms with van der Waals surface area (Å²) in [6.45, 7) is 4.49. The molecule has 2 aromatic heterocycles. The van der Waals surface area contributed by atoms with Crippen molar-refractivity contribution in [1.29, 1.82) is 0 Å². The molecule has 2 amide bonds. The Hall–Kier alpha value is -3.65. The Kier molecular flexibility index (Phi) is 7.09. The van der Waals surface area contributed by atoms with E-state index >= 15 is 0 Å². The highest BCUT2D eigenvalue weighted by Gasteiger charge is 2.30. The molecule has 8 nitrogen and oxygen atoms in total. The highest BCUT2D eigenvalue weighted by Crippen LogP contribution is 2.25. The minimum Gasteiger partial charge on any atom is -0.465 e. The molecule has 0 radical (unpaired) electrons. The Bertz CT molecular complexity index is 1180. The van der Waals surface area contributed by atoms with Crippen LogP contribution in [0.4, 0.5) is 0 Å². The number of hydrogen-bond donors (Lipinski definition) is 1. The summed E-state index contributed by atoms with van der Waals surface area (Å²) in [6, 6.07) is 14.2. The highest BCUT2D eigenvalue weighted by atomic mass is 16.3. The summed E-state index contributed by atoms with van der Waals surface area (Å²) in [5, 5.41) is 7.69. The molecule has 5 rings (SSSR count). The van der Waals surface area contributed by atoms with Crippen molar-refractivity contribution in [3.05, 3.63) is 83.1 Å². The van der Waals surface area contributed by atoms with Gasteiger partial charge in [-0.2, -0.15) is 5.10 Å². The predicted octanol–water partition coefficient (Wildman–Crippen LogP) is 2.75. The summed E-state index contributed by atoms with van der Waals surface area (Å²) >= 11 is 0. The van der Waals surface area contributed by atoms with Crippen molar-refractivity contribution < 1.29 is 14.0 Å². The van der Waals surface area contributed by atoms with Gasteiger partial charge in [-0.25, -0.2) is 0 Å². The molecule has 1 fully saturated rings. The van der Waals surface area contributed by atoms with Gasteiger partial charge < -0.3 is 14.6 Å². The zero-order chi connectivity index (χ0) is 24.0. The van der Waals surface area contributed by atoms with Crippen LogP contribution in [0.3, 0.4) is 0 Å². The zero-order valence-electron chi connectivity index (χ0n) is 19.9. The van der Waals surface area contributed by atoms with Crippen LogP contribution >= 0.6 is 0 Å². The first kappa shape index (κ1) is 23.1. The third-order valence-electron chi connectivity index (χ3n) is 6.66. The van der Waals surface area contributed by atoms with Crippen LogP contribution in [-0.4, -0.2) is 64.1 Å². The maximum Gasteiger partial charge on any atom is 0.274 e. The van der Waals surface area contributed by atoms with E-state index in [4.69, 9.17) is 9.52 Å². The van der Waals surface area contributed by atoms with E-state index < -0.39 is 0 Å². The number of amides is 2. The molecule has 2 aliphatic heterocycles. The molecule has 0 bridgehead atoms. The van der Waals surface area contributed by atoms with Crippen molar-refractivity contribution in [3.8, 4) is 0 Å². The van der Waals surface area contributed by atoms with Crippen molar-refractivity contribution in [2.75, 3.05) is 32.7 Å². The van der Waals surface area contributed by atoms with E-state index in [1.165, 1.54) is 5.56 Å². The lowest BCUT2D eigenvalue weighted by Crippen LogP contribution is -2.36. The standard InChI is InChI=1S/C27H31N5O3/c33-25-12-16-31(18-13-28-25)27(34)26-23-20-30(14-4-8-22-9-5-19-35-22)15-11-24(23)32(29-26)17-10-21-6-2-1-3-7-21/h1-9,19H,10-18,20H2,(H,28,33)/b8-4+. The summed E-state index contributed by atoms with van der Waals surface area (Å²) in [5.74, 6) is 0.742. The quantitative estimate of drug-likeness (QED) is 0.571. The van der Waals surface area contributed by atoms with Crippen molar-refractivity contribution in [2.24, 2.45) is 0 Å². The van der Waals surface area contributed by atoms with Crippen LogP contribution in [0.5, 0.6) is 0 Å². The largest absolute Gasteiger partial charge is 0.465 e. The summed E-state index contributed by atoms with van der Waals surface area (Å²) < 4.78 is 7.42. The summed E-state index contributed by atoms with van der Waals surface area (Å²) in [4.78, 5) is 29.4. The van der Waals surface area contributed by atoms with Crippen LogP contribution in [0, 0.1) is 0 Å². The van der Waals surface area contributed by atoms with Gasteiger partial charge in [0.1, 0.15) is 5.76 Å². The number of hydrogen-bond acceptors (Lipinski definition) is 5. The molecule has 3 aromatic rings. The molecular formula is C27H31N5O3. The Labute approximate surface area is 205 Å². The van der Waals surface area contributed by atoms with E-state index in [1.54, 1.807) is 11.2 Å². The number of nitrogens with one attached hydrogen (secondary N) is 1. The van der Waals surface area contributed by atoms with Crippen LogP contribution in [0.2, 0.25) is 0 Å². The van der Waals surface area contributed by atoms with Gasteiger partial charge >= 0.3 is 0 Å². The molecule has 0 atom stereocenters. The Morgan fingerprint density at radius 3 is 2.80 bits per heavy atom. The third kappa shape index (κ3) is 5.54. The van der Waals surface area contributed by atoms with E-state index in [0.29, 0.717) is 38.3 Å². The second-order valence-corrected chi connectivity index (χ2v) is 9.03.